The van der Waals surface area contributed by atoms with Gasteiger partial charge in [0, 0.05) is 16.9 Å². The summed E-state index contributed by atoms with van der Waals surface area (Å²) < 4.78 is 11.3. The fourth-order valence-corrected chi connectivity index (χ4v) is 3.31. The molecule has 1 aliphatic rings. The van der Waals surface area contributed by atoms with E-state index < -0.39 is 0 Å². The van der Waals surface area contributed by atoms with E-state index in [0.29, 0.717) is 12.2 Å². The molecule has 0 radical (unpaired) electrons. The molecule has 0 spiro atoms. The molecule has 1 fully saturated rings. The van der Waals surface area contributed by atoms with Crippen molar-refractivity contribution < 1.29 is 14.3 Å². The van der Waals surface area contributed by atoms with Crippen LogP contribution in [0, 0.1) is 0 Å². The smallest absolute Gasteiger partial charge is 0.262 e. The van der Waals surface area contributed by atoms with Crippen LogP contribution in [0.15, 0.2) is 78.9 Å². The predicted molar refractivity (Wildman–Crippen MR) is 115 cm³/mol. The summed E-state index contributed by atoms with van der Waals surface area (Å²) in [6, 6.07) is 25.2. The summed E-state index contributed by atoms with van der Waals surface area (Å²) in [6.07, 6.45) is 2.11. The molecule has 1 unspecified atom stereocenters. The molecule has 1 heterocycles. The van der Waals surface area contributed by atoms with Gasteiger partial charge in [0.2, 0.25) is 0 Å². The third-order valence-corrected chi connectivity index (χ3v) is 4.89. The molecule has 29 heavy (non-hydrogen) atoms. The van der Waals surface area contributed by atoms with Crippen LogP contribution in [0.2, 0.25) is 0 Å². The molecule has 0 aliphatic carbocycles. The van der Waals surface area contributed by atoms with Crippen LogP contribution >= 0.6 is 0 Å². The first-order valence-corrected chi connectivity index (χ1v) is 10.1. The predicted octanol–water partition coefficient (Wildman–Crippen LogP) is 5.40. The Hall–Kier alpha value is -3.11. The molecule has 148 valence electrons. The van der Waals surface area contributed by atoms with Crippen molar-refractivity contribution in [2.75, 3.05) is 18.1 Å². The lowest BCUT2D eigenvalue weighted by atomic mass is 10.0. The van der Waals surface area contributed by atoms with Gasteiger partial charge in [0.05, 0.1) is 6.61 Å². The molecule has 1 atom stereocenters. The van der Waals surface area contributed by atoms with Gasteiger partial charge >= 0.3 is 0 Å². The summed E-state index contributed by atoms with van der Waals surface area (Å²) in [5.74, 6) is 0.687. The molecule has 4 nitrogen and oxygen atoms in total. The van der Waals surface area contributed by atoms with Crippen LogP contribution in [-0.4, -0.2) is 25.2 Å². The summed E-state index contributed by atoms with van der Waals surface area (Å²) in [4.78, 5) is 15.3. The first-order chi connectivity index (χ1) is 14.3. The number of benzene rings is 3. The van der Waals surface area contributed by atoms with Gasteiger partial charge in [-0.2, -0.15) is 0 Å². The number of hydrogen-bond acceptors (Lipinski definition) is 3. The molecule has 1 saturated heterocycles. The van der Waals surface area contributed by atoms with Gasteiger partial charge in [0.1, 0.15) is 18.5 Å². The number of rotatable bonds is 8. The van der Waals surface area contributed by atoms with Gasteiger partial charge in [-0.25, -0.2) is 0 Å². The lowest BCUT2D eigenvalue weighted by Gasteiger charge is -2.23. The molecule has 1 amide bonds. The quantitative estimate of drug-likeness (QED) is 0.486. The van der Waals surface area contributed by atoms with Crippen molar-refractivity contribution in [3.63, 3.8) is 0 Å². The van der Waals surface area contributed by atoms with E-state index in [1.54, 1.807) is 4.90 Å². The van der Waals surface area contributed by atoms with E-state index in [0.717, 1.165) is 42.1 Å². The average molecular weight is 387 g/mol. The number of amides is 1. The monoisotopic (exact) mass is 387 g/mol. The van der Waals surface area contributed by atoms with Crippen LogP contribution in [0.25, 0.3) is 0 Å². The maximum absolute atomic E-state index is 13.6. The van der Waals surface area contributed by atoms with Gasteiger partial charge in [-0.3, -0.25) is 9.69 Å². The molecular weight excluding hydrogens is 362 g/mol. The highest BCUT2D eigenvalue weighted by atomic mass is 16.6. The van der Waals surface area contributed by atoms with Crippen molar-refractivity contribution in [1.82, 2.24) is 0 Å². The molecule has 0 aromatic heterocycles. The largest absolute Gasteiger partial charge is 0.490 e. The number of epoxide rings is 1. The van der Waals surface area contributed by atoms with Crippen LogP contribution in [0.3, 0.4) is 0 Å². The van der Waals surface area contributed by atoms with Crippen molar-refractivity contribution in [3.05, 3.63) is 90.0 Å². The van der Waals surface area contributed by atoms with E-state index in [9.17, 15) is 4.79 Å². The Balaban J connectivity index is 1.68. The third-order valence-electron chi connectivity index (χ3n) is 4.89. The molecule has 0 N–H and O–H groups in total. The Labute approximate surface area is 171 Å². The number of para-hydroxylation sites is 2. The van der Waals surface area contributed by atoms with Crippen molar-refractivity contribution in [3.8, 4) is 5.75 Å². The minimum Gasteiger partial charge on any atom is -0.490 e. The van der Waals surface area contributed by atoms with Gasteiger partial charge in [0.25, 0.3) is 5.91 Å². The zero-order valence-electron chi connectivity index (χ0n) is 16.6. The minimum absolute atomic E-state index is 0.0852. The Morgan fingerprint density at radius 3 is 2.17 bits per heavy atom. The normalized spacial score (nSPS) is 15.0. The zero-order valence-corrected chi connectivity index (χ0v) is 16.6. The highest BCUT2D eigenvalue weighted by Crippen LogP contribution is 2.30. The SMILES string of the molecule is CCCc1ccc(C(=O)N(c2ccccc2)c2ccccc2)cc1OCC1CO1. The second kappa shape index (κ2) is 8.93. The highest BCUT2D eigenvalue weighted by molar-refractivity contribution is 6.11. The summed E-state index contributed by atoms with van der Waals surface area (Å²) in [5, 5.41) is 0. The van der Waals surface area contributed by atoms with Crippen LogP contribution in [0.1, 0.15) is 29.3 Å². The number of carbonyl (C=O) groups excluding carboxylic acids is 1. The molecule has 0 bridgehead atoms. The topological polar surface area (TPSA) is 42.1 Å². The first-order valence-electron chi connectivity index (χ1n) is 10.1. The van der Waals surface area contributed by atoms with Crippen molar-refractivity contribution in [2.24, 2.45) is 0 Å². The van der Waals surface area contributed by atoms with Gasteiger partial charge in [-0.05, 0) is 48.4 Å². The maximum Gasteiger partial charge on any atom is 0.262 e. The molecule has 0 saturated carbocycles. The molecule has 3 aromatic carbocycles. The van der Waals surface area contributed by atoms with Crippen LogP contribution in [-0.2, 0) is 11.2 Å². The number of nitrogens with zero attached hydrogens (tertiary/aromatic N) is 1. The lowest BCUT2D eigenvalue weighted by Crippen LogP contribution is -2.26. The van der Waals surface area contributed by atoms with Crippen molar-refractivity contribution >= 4 is 17.3 Å². The first kappa shape index (κ1) is 19.2. The number of carbonyl (C=O) groups is 1. The molecule has 4 heteroatoms. The number of hydrogen-bond donors (Lipinski definition) is 0. The van der Waals surface area contributed by atoms with Gasteiger partial charge in [-0.15, -0.1) is 0 Å². The van der Waals surface area contributed by atoms with E-state index in [2.05, 4.69) is 6.92 Å². The molecular formula is C25H25NO3. The minimum atomic E-state index is -0.0852. The molecule has 3 aromatic rings. The Morgan fingerprint density at radius 1 is 1.00 bits per heavy atom. The van der Waals surface area contributed by atoms with E-state index in [4.69, 9.17) is 9.47 Å². The lowest BCUT2D eigenvalue weighted by molar-refractivity contribution is 0.0999. The van der Waals surface area contributed by atoms with Crippen LogP contribution < -0.4 is 9.64 Å². The third kappa shape index (κ3) is 4.66. The highest BCUT2D eigenvalue weighted by Gasteiger charge is 2.25. The Morgan fingerprint density at radius 2 is 1.62 bits per heavy atom. The van der Waals surface area contributed by atoms with Crippen molar-refractivity contribution in [1.29, 1.82) is 0 Å². The van der Waals surface area contributed by atoms with Gasteiger partial charge in [0.15, 0.2) is 0 Å². The van der Waals surface area contributed by atoms with E-state index in [1.165, 1.54) is 0 Å². The van der Waals surface area contributed by atoms with E-state index in [1.807, 2.05) is 78.9 Å². The maximum atomic E-state index is 13.6. The second-order valence-corrected chi connectivity index (χ2v) is 7.15. The van der Waals surface area contributed by atoms with Crippen molar-refractivity contribution in [2.45, 2.75) is 25.9 Å². The van der Waals surface area contributed by atoms with E-state index in [-0.39, 0.29) is 12.0 Å². The summed E-state index contributed by atoms with van der Waals surface area (Å²) in [6.45, 7) is 3.41. The van der Waals surface area contributed by atoms with Crippen LogP contribution in [0.5, 0.6) is 5.75 Å². The van der Waals surface area contributed by atoms with Crippen LogP contribution in [0.4, 0.5) is 11.4 Å². The fraction of sp³-hybridized carbons (Fsp3) is 0.240. The van der Waals surface area contributed by atoms with Gasteiger partial charge < -0.3 is 9.47 Å². The molecule has 4 rings (SSSR count). The number of aryl methyl sites for hydroxylation is 1. The average Bonchev–Trinajstić information content (AvgIpc) is 3.59. The zero-order chi connectivity index (χ0) is 20.1. The Kier molecular flexibility index (Phi) is 5.92. The summed E-state index contributed by atoms with van der Waals surface area (Å²) in [7, 11) is 0. The number of ether oxygens (including phenoxy) is 2. The standard InChI is InChI=1S/C25H25NO3/c1-2-9-19-14-15-20(16-24(19)29-18-23-17-28-23)25(27)26(21-10-5-3-6-11-21)22-12-7-4-8-13-22/h3-8,10-16,23H,2,9,17-18H2,1H3. The number of anilines is 2. The van der Waals surface area contributed by atoms with E-state index >= 15 is 0 Å². The fourth-order valence-electron chi connectivity index (χ4n) is 3.31. The molecule has 1 aliphatic heterocycles. The van der Waals surface area contributed by atoms with Gasteiger partial charge in [-0.1, -0.05) is 55.8 Å². The second-order valence-electron chi connectivity index (χ2n) is 7.15. The summed E-state index contributed by atoms with van der Waals surface area (Å²) in [5.41, 5.74) is 3.38. The Bertz CT molecular complexity index is 913. The summed E-state index contributed by atoms with van der Waals surface area (Å²) >= 11 is 0.